The maximum atomic E-state index is 12.5. The minimum atomic E-state index is -1.27. The molecule has 0 fully saturated rings. The van der Waals surface area contributed by atoms with Gasteiger partial charge in [-0.05, 0) is 18.6 Å². The van der Waals surface area contributed by atoms with Gasteiger partial charge in [0.2, 0.25) is 11.8 Å². The third-order valence-electron chi connectivity index (χ3n) is 4.31. The largest absolute Gasteiger partial charge is 0.463 e. The van der Waals surface area contributed by atoms with Gasteiger partial charge in [-0.15, -0.1) is 0 Å². The summed E-state index contributed by atoms with van der Waals surface area (Å²) in [7, 11) is 0. The van der Waals surface area contributed by atoms with Gasteiger partial charge in [-0.2, -0.15) is 0 Å². The van der Waals surface area contributed by atoms with E-state index in [0.717, 1.165) is 24.3 Å². The Morgan fingerprint density at radius 2 is 1.15 bits per heavy atom. The lowest BCUT2D eigenvalue weighted by molar-refractivity contribution is -0.164. The molecule has 0 radical (unpaired) electrons. The topological polar surface area (TPSA) is 194 Å². The molecule has 0 rings (SSSR count). The van der Waals surface area contributed by atoms with E-state index in [1.165, 1.54) is 0 Å². The van der Waals surface area contributed by atoms with Gasteiger partial charge in [-0.25, -0.2) is 14.4 Å². The smallest absolute Gasteiger partial charge is 0.407 e. The Morgan fingerprint density at radius 1 is 0.650 bits per heavy atom. The molecule has 0 aliphatic heterocycles. The van der Waals surface area contributed by atoms with Gasteiger partial charge < -0.3 is 44.4 Å². The Morgan fingerprint density at radius 3 is 1.65 bits per heavy atom. The Labute approximate surface area is 231 Å². The van der Waals surface area contributed by atoms with Crippen LogP contribution in [0.15, 0.2) is 50.6 Å². The van der Waals surface area contributed by atoms with Gasteiger partial charge in [0.15, 0.2) is 12.2 Å². The average Bonchev–Trinajstić information content (AvgIpc) is 2.95. The monoisotopic (exact) mass is 569 g/mol. The minimum Gasteiger partial charge on any atom is -0.463 e. The van der Waals surface area contributed by atoms with Crippen LogP contribution in [0.5, 0.6) is 0 Å². The molecule has 0 aromatic heterocycles. The standard InChI is InChI=1S/C25H35N3O12/c1-5-20(29)27-16-35-14-18(39-24(33)10-9-12-37-22(31)7-3)19(15-36-17-28-21(30)6-2)40-25(34)26-11-13-38-23(32)8-4/h5-8,18-19H,1-4,9-17H2,(H,26,34)(H,27,29)(H,28,30). The summed E-state index contributed by atoms with van der Waals surface area (Å²) >= 11 is 0. The second-order valence-electron chi connectivity index (χ2n) is 7.27. The van der Waals surface area contributed by atoms with Crippen molar-refractivity contribution in [3.8, 4) is 0 Å². The lowest BCUT2D eigenvalue weighted by atomic mass is 10.2. The van der Waals surface area contributed by atoms with E-state index >= 15 is 0 Å². The summed E-state index contributed by atoms with van der Waals surface area (Å²) in [5.74, 6) is -3.13. The Balaban J connectivity index is 5.36. The molecule has 0 aromatic carbocycles. The lowest BCUT2D eigenvalue weighted by Gasteiger charge is -2.27. The zero-order valence-electron chi connectivity index (χ0n) is 22.1. The fraction of sp³-hybridized carbons (Fsp3) is 0.440. The summed E-state index contributed by atoms with van der Waals surface area (Å²) in [6.45, 7) is 11.5. The van der Waals surface area contributed by atoms with Gasteiger partial charge in [0.05, 0.1) is 26.4 Å². The van der Waals surface area contributed by atoms with Crippen LogP contribution >= 0.6 is 0 Å². The number of hydrogen-bond acceptors (Lipinski definition) is 12. The predicted octanol–water partition coefficient (Wildman–Crippen LogP) is -0.216. The maximum Gasteiger partial charge on any atom is 0.407 e. The van der Waals surface area contributed by atoms with Gasteiger partial charge >= 0.3 is 24.0 Å². The highest BCUT2D eigenvalue weighted by Gasteiger charge is 2.30. The van der Waals surface area contributed by atoms with Crippen LogP contribution in [0.1, 0.15) is 12.8 Å². The molecule has 0 aromatic rings. The van der Waals surface area contributed by atoms with Crippen molar-refractivity contribution >= 4 is 35.8 Å². The van der Waals surface area contributed by atoms with Gasteiger partial charge in [-0.1, -0.05) is 26.3 Å². The van der Waals surface area contributed by atoms with Crippen molar-refractivity contribution in [1.29, 1.82) is 0 Å². The molecule has 3 N–H and O–H groups in total. The van der Waals surface area contributed by atoms with Crippen LogP contribution in [0.4, 0.5) is 4.79 Å². The van der Waals surface area contributed by atoms with Crippen LogP contribution in [0.3, 0.4) is 0 Å². The first-order chi connectivity index (χ1) is 19.2. The molecular weight excluding hydrogens is 534 g/mol. The second-order valence-corrected chi connectivity index (χ2v) is 7.27. The molecule has 0 aliphatic rings. The molecule has 0 saturated heterocycles. The summed E-state index contributed by atoms with van der Waals surface area (Å²) in [6.07, 6.45) is 0.439. The van der Waals surface area contributed by atoms with E-state index in [1.54, 1.807) is 0 Å². The molecule has 15 nitrogen and oxygen atoms in total. The Hall–Kier alpha value is -4.50. The normalized spacial score (nSPS) is 11.4. The number of hydrogen-bond donors (Lipinski definition) is 3. The quantitative estimate of drug-likeness (QED) is 0.0511. The van der Waals surface area contributed by atoms with E-state index in [-0.39, 0.29) is 59.3 Å². The van der Waals surface area contributed by atoms with Gasteiger partial charge in [0.25, 0.3) is 0 Å². The van der Waals surface area contributed by atoms with Crippen LogP contribution in [0, 0.1) is 0 Å². The number of carbonyl (C=O) groups excluding carboxylic acids is 6. The van der Waals surface area contributed by atoms with Crippen molar-refractivity contribution in [3.05, 3.63) is 50.6 Å². The van der Waals surface area contributed by atoms with Gasteiger partial charge in [0, 0.05) is 18.6 Å². The summed E-state index contributed by atoms with van der Waals surface area (Å²) in [5.41, 5.74) is 0. The number of rotatable bonds is 22. The zero-order chi connectivity index (χ0) is 30.2. The third kappa shape index (κ3) is 18.7. The van der Waals surface area contributed by atoms with E-state index in [1.807, 2.05) is 0 Å². The average molecular weight is 570 g/mol. The lowest BCUT2D eigenvalue weighted by Crippen LogP contribution is -2.45. The fourth-order valence-electron chi connectivity index (χ4n) is 2.39. The highest BCUT2D eigenvalue weighted by atomic mass is 16.6. The first-order valence-corrected chi connectivity index (χ1v) is 11.8. The van der Waals surface area contributed by atoms with Crippen LogP contribution in [0.25, 0.3) is 0 Å². The molecule has 2 unspecified atom stereocenters. The molecule has 2 atom stereocenters. The molecule has 0 saturated carbocycles. The zero-order valence-corrected chi connectivity index (χ0v) is 22.1. The van der Waals surface area contributed by atoms with Crippen molar-refractivity contribution in [2.45, 2.75) is 25.0 Å². The number of esters is 3. The van der Waals surface area contributed by atoms with Crippen molar-refractivity contribution in [2.75, 3.05) is 46.4 Å². The highest BCUT2D eigenvalue weighted by Crippen LogP contribution is 2.10. The summed E-state index contributed by atoms with van der Waals surface area (Å²) in [4.78, 5) is 69.8. The molecule has 40 heavy (non-hydrogen) atoms. The second kappa shape index (κ2) is 22.5. The van der Waals surface area contributed by atoms with Crippen LogP contribution in [0.2, 0.25) is 0 Å². The number of alkyl carbamates (subject to hydrolysis) is 1. The van der Waals surface area contributed by atoms with E-state index in [0.29, 0.717) is 0 Å². The molecule has 0 bridgehead atoms. The number of carbonyl (C=O) groups is 6. The third-order valence-corrected chi connectivity index (χ3v) is 4.31. The molecule has 0 aliphatic carbocycles. The first-order valence-electron chi connectivity index (χ1n) is 11.8. The van der Waals surface area contributed by atoms with E-state index < -0.39 is 48.0 Å². The molecule has 15 heteroatoms. The van der Waals surface area contributed by atoms with E-state index in [4.69, 9.17) is 28.4 Å². The first kappa shape index (κ1) is 35.5. The summed E-state index contributed by atoms with van der Waals surface area (Å²) in [6, 6.07) is 0. The van der Waals surface area contributed by atoms with Crippen LogP contribution in [-0.4, -0.2) is 94.5 Å². The van der Waals surface area contributed by atoms with Gasteiger partial charge in [0.1, 0.15) is 20.1 Å². The Bertz CT molecular complexity index is 833. The number of ether oxygens (including phenoxy) is 6. The Kier molecular flexibility index (Phi) is 20.0. The molecule has 0 heterocycles. The van der Waals surface area contributed by atoms with Crippen molar-refractivity contribution in [3.63, 3.8) is 0 Å². The summed E-state index contributed by atoms with van der Waals surface area (Å²) < 4.78 is 31.0. The molecule has 3 amide bonds. The molecule has 0 spiro atoms. The minimum absolute atomic E-state index is 0.0699. The van der Waals surface area contributed by atoms with Crippen molar-refractivity contribution in [2.24, 2.45) is 0 Å². The van der Waals surface area contributed by atoms with Crippen molar-refractivity contribution in [1.82, 2.24) is 16.0 Å². The van der Waals surface area contributed by atoms with Crippen LogP contribution in [-0.2, 0) is 52.4 Å². The fourth-order valence-corrected chi connectivity index (χ4v) is 2.39. The predicted molar refractivity (Wildman–Crippen MR) is 138 cm³/mol. The van der Waals surface area contributed by atoms with E-state index in [2.05, 4.69) is 42.3 Å². The SMILES string of the molecule is C=CC(=O)NCOCC(OC(=O)CCCOC(=O)C=C)C(COCNC(=O)C=C)OC(=O)NCCOC(=O)C=C. The highest BCUT2D eigenvalue weighted by molar-refractivity contribution is 5.87. The number of amides is 3. The molecule has 222 valence electrons. The van der Waals surface area contributed by atoms with Gasteiger partial charge in [-0.3, -0.25) is 14.4 Å². The summed E-state index contributed by atoms with van der Waals surface area (Å²) in [5, 5.41) is 7.08. The van der Waals surface area contributed by atoms with E-state index in [9.17, 15) is 28.8 Å². The van der Waals surface area contributed by atoms with Crippen LogP contribution < -0.4 is 16.0 Å². The number of nitrogens with one attached hydrogen (secondary N) is 3. The molecular formula is C25H35N3O12. The van der Waals surface area contributed by atoms with Crippen molar-refractivity contribution < 1.29 is 57.2 Å². The maximum absolute atomic E-state index is 12.5.